The van der Waals surface area contributed by atoms with E-state index in [2.05, 4.69) is 26.3 Å². The number of hydrogen-bond acceptors (Lipinski definition) is 3. The van der Waals surface area contributed by atoms with Gasteiger partial charge in [-0.1, -0.05) is 41.9 Å². The van der Waals surface area contributed by atoms with Gasteiger partial charge in [-0.3, -0.25) is 10.8 Å². The summed E-state index contributed by atoms with van der Waals surface area (Å²) in [4.78, 5) is 4.16. The summed E-state index contributed by atoms with van der Waals surface area (Å²) in [6, 6.07) is 13.7. The molecule has 0 aliphatic rings. The third-order valence-electron chi connectivity index (χ3n) is 3.48. The highest BCUT2D eigenvalue weighted by molar-refractivity contribution is 9.10. The summed E-state index contributed by atoms with van der Waals surface area (Å²) in [6.07, 6.45) is 3.62. The molecule has 0 fully saturated rings. The van der Waals surface area contributed by atoms with Crippen molar-refractivity contribution < 1.29 is 0 Å². The van der Waals surface area contributed by atoms with Crippen molar-refractivity contribution in [2.75, 3.05) is 0 Å². The van der Waals surface area contributed by atoms with E-state index in [1.165, 1.54) is 0 Å². The first-order valence-electron chi connectivity index (χ1n) is 6.45. The molecule has 0 saturated carbocycles. The minimum absolute atomic E-state index is 0.193. The predicted molar refractivity (Wildman–Crippen MR) is 90.1 cm³/mol. The van der Waals surface area contributed by atoms with Gasteiger partial charge in [-0.15, -0.1) is 0 Å². The number of fused-ring (bicyclic) bond motifs is 1. The molecule has 3 N–H and O–H groups in total. The summed E-state index contributed by atoms with van der Waals surface area (Å²) in [5, 5.41) is 2.83. The summed E-state index contributed by atoms with van der Waals surface area (Å²) >= 11 is 9.87. The van der Waals surface area contributed by atoms with Crippen LogP contribution in [0.1, 0.15) is 17.2 Å². The zero-order chi connectivity index (χ0) is 14.8. The largest absolute Gasteiger partial charge is 0.271 e. The maximum absolute atomic E-state index is 6.41. The molecule has 2 aromatic carbocycles. The second-order valence-electron chi connectivity index (χ2n) is 4.69. The van der Waals surface area contributed by atoms with Gasteiger partial charge in [0.15, 0.2) is 0 Å². The van der Waals surface area contributed by atoms with Gasteiger partial charge in [0, 0.05) is 22.3 Å². The Balaban J connectivity index is 2.21. The standard InChI is InChI=1S/C16H13BrClN3/c17-14-6-2-5-13(15(14)18)16(21-19)12-4-1-3-10-9-20-8-7-11(10)12/h1-9,16,21H,19H2. The molecule has 3 rings (SSSR count). The normalized spacial score (nSPS) is 12.5. The van der Waals surface area contributed by atoms with Gasteiger partial charge < -0.3 is 0 Å². The first-order chi connectivity index (χ1) is 10.2. The van der Waals surface area contributed by atoms with Crippen LogP contribution in [0.4, 0.5) is 0 Å². The molecule has 1 atom stereocenters. The SMILES string of the molecule is NNC(c1cccc(Br)c1Cl)c1cccc2cnccc12. The number of rotatable bonds is 3. The van der Waals surface area contributed by atoms with Gasteiger partial charge in [-0.05, 0) is 44.6 Å². The molecule has 0 aliphatic heterocycles. The number of aromatic nitrogens is 1. The van der Waals surface area contributed by atoms with Crippen LogP contribution in [0.3, 0.4) is 0 Å². The molecule has 106 valence electrons. The zero-order valence-electron chi connectivity index (χ0n) is 11.1. The Morgan fingerprint density at radius 3 is 2.67 bits per heavy atom. The van der Waals surface area contributed by atoms with E-state index >= 15 is 0 Å². The summed E-state index contributed by atoms with van der Waals surface area (Å²) in [7, 11) is 0. The smallest absolute Gasteiger partial charge is 0.0730 e. The van der Waals surface area contributed by atoms with Crippen molar-refractivity contribution in [2.45, 2.75) is 6.04 Å². The molecule has 0 amide bonds. The number of nitrogens with one attached hydrogen (secondary N) is 1. The quantitative estimate of drug-likeness (QED) is 0.542. The fraction of sp³-hybridized carbons (Fsp3) is 0.0625. The van der Waals surface area contributed by atoms with Gasteiger partial charge in [0.1, 0.15) is 0 Å². The van der Waals surface area contributed by atoms with E-state index in [1.807, 2.05) is 48.7 Å². The van der Waals surface area contributed by atoms with E-state index in [4.69, 9.17) is 17.4 Å². The molecule has 21 heavy (non-hydrogen) atoms. The lowest BCUT2D eigenvalue weighted by Crippen LogP contribution is -2.29. The highest BCUT2D eigenvalue weighted by atomic mass is 79.9. The first-order valence-corrected chi connectivity index (χ1v) is 7.62. The first kappa shape index (κ1) is 14.5. The second kappa shape index (κ2) is 6.12. The Kier molecular flexibility index (Phi) is 4.22. The molecule has 1 aromatic heterocycles. The molecule has 0 bridgehead atoms. The Bertz CT molecular complexity index is 786. The van der Waals surface area contributed by atoms with Crippen LogP contribution >= 0.6 is 27.5 Å². The van der Waals surface area contributed by atoms with E-state index in [9.17, 15) is 0 Å². The Morgan fingerprint density at radius 1 is 1.10 bits per heavy atom. The summed E-state index contributed by atoms with van der Waals surface area (Å²) in [5.74, 6) is 5.81. The van der Waals surface area contributed by atoms with Gasteiger partial charge in [-0.25, -0.2) is 5.43 Å². The number of halogens is 2. The van der Waals surface area contributed by atoms with Crippen LogP contribution in [-0.2, 0) is 0 Å². The minimum Gasteiger partial charge on any atom is -0.271 e. The Hall–Kier alpha value is -1.46. The zero-order valence-corrected chi connectivity index (χ0v) is 13.4. The second-order valence-corrected chi connectivity index (χ2v) is 5.92. The summed E-state index contributed by atoms with van der Waals surface area (Å²) in [6.45, 7) is 0. The van der Waals surface area contributed by atoms with Gasteiger partial charge in [0.2, 0.25) is 0 Å². The lowest BCUT2D eigenvalue weighted by atomic mass is 9.95. The molecular formula is C16H13BrClN3. The van der Waals surface area contributed by atoms with Crippen molar-refractivity contribution in [3.8, 4) is 0 Å². The van der Waals surface area contributed by atoms with E-state index in [0.717, 1.165) is 26.4 Å². The van der Waals surface area contributed by atoms with Crippen LogP contribution < -0.4 is 11.3 Å². The van der Waals surface area contributed by atoms with Crippen LogP contribution in [0.2, 0.25) is 5.02 Å². The summed E-state index contributed by atoms with van der Waals surface area (Å²) < 4.78 is 0.851. The minimum atomic E-state index is -0.193. The lowest BCUT2D eigenvalue weighted by Gasteiger charge is -2.20. The van der Waals surface area contributed by atoms with Gasteiger partial charge in [-0.2, -0.15) is 0 Å². The highest BCUT2D eigenvalue weighted by Gasteiger charge is 2.18. The highest BCUT2D eigenvalue weighted by Crippen LogP contribution is 2.35. The third kappa shape index (κ3) is 2.68. The number of benzene rings is 2. The molecule has 3 nitrogen and oxygen atoms in total. The van der Waals surface area contributed by atoms with Crippen molar-refractivity contribution >= 4 is 38.3 Å². The number of hydrogen-bond donors (Lipinski definition) is 2. The fourth-order valence-corrected chi connectivity index (χ4v) is 3.11. The van der Waals surface area contributed by atoms with E-state index in [0.29, 0.717) is 5.02 Å². The van der Waals surface area contributed by atoms with Crippen LogP contribution in [0.5, 0.6) is 0 Å². The van der Waals surface area contributed by atoms with E-state index < -0.39 is 0 Å². The van der Waals surface area contributed by atoms with Crippen molar-refractivity contribution in [3.63, 3.8) is 0 Å². The van der Waals surface area contributed by atoms with Gasteiger partial charge in [0.05, 0.1) is 11.1 Å². The lowest BCUT2D eigenvalue weighted by molar-refractivity contribution is 0.641. The monoisotopic (exact) mass is 361 g/mol. The van der Waals surface area contributed by atoms with E-state index in [1.54, 1.807) is 6.20 Å². The van der Waals surface area contributed by atoms with Crippen LogP contribution in [0, 0.1) is 0 Å². The Morgan fingerprint density at radius 2 is 1.86 bits per heavy atom. The molecule has 0 spiro atoms. The topological polar surface area (TPSA) is 50.9 Å². The maximum Gasteiger partial charge on any atom is 0.0730 e. The van der Waals surface area contributed by atoms with Crippen molar-refractivity contribution in [1.82, 2.24) is 10.4 Å². The average molecular weight is 363 g/mol. The molecule has 1 heterocycles. The molecule has 0 aliphatic carbocycles. The molecule has 0 saturated heterocycles. The number of hydrazine groups is 1. The van der Waals surface area contributed by atoms with Crippen LogP contribution in [0.15, 0.2) is 59.3 Å². The molecule has 5 heteroatoms. The van der Waals surface area contributed by atoms with Crippen LogP contribution in [-0.4, -0.2) is 4.98 Å². The molecular weight excluding hydrogens is 350 g/mol. The molecule has 0 radical (unpaired) electrons. The summed E-state index contributed by atoms with van der Waals surface area (Å²) in [5.41, 5.74) is 4.86. The number of nitrogens with zero attached hydrogens (tertiary/aromatic N) is 1. The van der Waals surface area contributed by atoms with Crippen molar-refractivity contribution in [3.05, 3.63) is 75.5 Å². The maximum atomic E-state index is 6.41. The third-order valence-corrected chi connectivity index (χ3v) is 4.80. The predicted octanol–water partition coefficient (Wildman–Crippen LogP) is 4.20. The number of pyridine rings is 1. The average Bonchev–Trinajstić information content (AvgIpc) is 2.52. The number of nitrogens with two attached hydrogens (primary N) is 1. The Labute approximate surface area is 136 Å². The van der Waals surface area contributed by atoms with E-state index in [-0.39, 0.29) is 6.04 Å². The molecule has 1 unspecified atom stereocenters. The van der Waals surface area contributed by atoms with Crippen molar-refractivity contribution in [2.24, 2.45) is 5.84 Å². The van der Waals surface area contributed by atoms with Crippen LogP contribution in [0.25, 0.3) is 10.8 Å². The molecule has 3 aromatic rings. The van der Waals surface area contributed by atoms with Crippen molar-refractivity contribution in [1.29, 1.82) is 0 Å². The fourth-order valence-electron chi connectivity index (χ4n) is 2.49. The van der Waals surface area contributed by atoms with Gasteiger partial charge in [0.25, 0.3) is 0 Å². The van der Waals surface area contributed by atoms with Gasteiger partial charge >= 0.3 is 0 Å².